The molecule has 0 atom stereocenters. The molecule has 0 heterocycles. The van der Waals surface area contributed by atoms with E-state index in [1.807, 2.05) is 0 Å². The standard InChI is InChI=1S/C6H10O4.Ba/c1-3(2)4(5(7)8)6(9)10;/h3-4H,1-2H3,(H,7,8)(H,9,10);/q;+2/p-2. The Morgan fingerprint density at radius 2 is 1.36 bits per heavy atom. The molecular formula is C6H8BaO4. The van der Waals surface area contributed by atoms with Crippen LogP contribution in [0, 0.1) is 11.8 Å². The second-order valence-corrected chi connectivity index (χ2v) is 2.36. The van der Waals surface area contributed by atoms with Gasteiger partial charge in [-0.1, -0.05) is 13.8 Å². The molecule has 0 rings (SSSR count). The van der Waals surface area contributed by atoms with Gasteiger partial charge >= 0.3 is 48.9 Å². The van der Waals surface area contributed by atoms with Crippen LogP contribution in [0.15, 0.2) is 0 Å². The zero-order valence-corrected chi connectivity index (χ0v) is 10.9. The molecule has 0 aromatic heterocycles. The van der Waals surface area contributed by atoms with Crippen molar-refractivity contribution in [1.29, 1.82) is 0 Å². The first-order valence-corrected chi connectivity index (χ1v) is 2.88. The molecule has 0 aliphatic heterocycles. The Kier molecular flexibility index (Phi) is 7.76. The Morgan fingerprint density at radius 1 is 1.09 bits per heavy atom. The fourth-order valence-electron chi connectivity index (χ4n) is 0.641. The smallest absolute Gasteiger partial charge is 0.549 e. The van der Waals surface area contributed by atoms with Gasteiger partial charge in [-0.05, 0) is 5.92 Å². The predicted octanol–water partition coefficient (Wildman–Crippen LogP) is -2.62. The van der Waals surface area contributed by atoms with Gasteiger partial charge in [0, 0.05) is 5.92 Å². The van der Waals surface area contributed by atoms with Gasteiger partial charge in [-0.3, -0.25) is 0 Å². The van der Waals surface area contributed by atoms with Crippen molar-refractivity contribution in [3.05, 3.63) is 0 Å². The molecule has 4 nitrogen and oxygen atoms in total. The largest absolute Gasteiger partial charge is 2.00 e. The van der Waals surface area contributed by atoms with Crippen LogP contribution < -0.4 is 10.2 Å². The molecule has 58 valence electrons. The predicted molar refractivity (Wildman–Crippen MR) is 34.1 cm³/mol. The third-order valence-corrected chi connectivity index (χ3v) is 1.17. The molecule has 0 aromatic rings. The summed E-state index contributed by atoms with van der Waals surface area (Å²) in [6.45, 7) is 2.96. The molecule has 0 radical (unpaired) electrons. The second-order valence-electron chi connectivity index (χ2n) is 2.36. The van der Waals surface area contributed by atoms with Crippen molar-refractivity contribution < 1.29 is 19.8 Å². The van der Waals surface area contributed by atoms with Gasteiger partial charge in [0.1, 0.15) is 0 Å². The summed E-state index contributed by atoms with van der Waals surface area (Å²) in [6, 6.07) is 0. The summed E-state index contributed by atoms with van der Waals surface area (Å²) in [4.78, 5) is 20.1. The summed E-state index contributed by atoms with van der Waals surface area (Å²) in [5.74, 6) is -5.17. The minimum Gasteiger partial charge on any atom is -0.549 e. The Balaban J connectivity index is 0. The number of carbonyl (C=O) groups excluding carboxylic acids is 2. The van der Waals surface area contributed by atoms with Gasteiger partial charge in [0.25, 0.3) is 0 Å². The summed E-state index contributed by atoms with van der Waals surface area (Å²) in [6.07, 6.45) is 0. The summed E-state index contributed by atoms with van der Waals surface area (Å²) in [5, 5.41) is 20.1. The third kappa shape index (κ3) is 4.86. The molecule has 0 N–H and O–H groups in total. The Bertz CT molecular complexity index is 141. The van der Waals surface area contributed by atoms with Crippen LogP contribution >= 0.6 is 0 Å². The first kappa shape index (κ1) is 14.1. The van der Waals surface area contributed by atoms with E-state index in [-0.39, 0.29) is 48.9 Å². The van der Waals surface area contributed by atoms with E-state index in [4.69, 9.17) is 0 Å². The molecule has 0 unspecified atom stereocenters. The quantitative estimate of drug-likeness (QED) is 0.419. The van der Waals surface area contributed by atoms with Crippen LogP contribution in [0.4, 0.5) is 0 Å². The van der Waals surface area contributed by atoms with Gasteiger partial charge in [0.2, 0.25) is 0 Å². The van der Waals surface area contributed by atoms with Crippen molar-refractivity contribution in [3.8, 4) is 0 Å². The van der Waals surface area contributed by atoms with E-state index in [1.165, 1.54) is 13.8 Å². The second kappa shape index (κ2) is 6.07. The zero-order chi connectivity index (χ0) is 8.31. The minimum absolute atomic E-state index is 0. The van der Waals surface area contributed by atoms with Crippen LogP contribution in [-0.2, 0) is 9.59 Å². The zero-order valence-electron chi connectivity index (χ0n) is 6.49. The first-order valence-electron chi connectivity index (χ1n) is 2.88. The van der Waals surface area contributed by atoms with E-state index >= 15 is 0 Å². The van der Waals surface area contributed by atoms with Gasteiger partial charge < -0.3 is 19.8 Å². The number of carbonyl (C=O) groups is 2. The topological polar surface area (TPSA) is 80.3 Å². The van der Waals surface area contributed by atoms with Gasteiger partial charge in [-0.25, -0.2) is 0 Å². The van der Waals surface area contributed by atoms with Gasteiger partial charge in [0.15, 0.2) is 0 Å². The molecule has 0 bridgehead atoms. The number of hydrogen-bond donors (Lipinski definition) is 0. The molecule has 0 fully saturated rings. The summed E-state index contributed by atoms with van der Waals surface area (Å²) in [7, 11) is 0. The van der Waals surface area contributed by atoms with Crippen LogP contribution in [0.5, 0.6) is 0 Å². The first-order chi connectivity index (χ1) is 4.46. The van der Waals surface area contributed by atoms with Crippen molar-refractivity contribution in [2.45, 2.75) is 13.8 Å². The van der Waals surface area contributed by atoms with Crippen molar-refractivity contribution in [2.75, 3.05) is 0 Å². The van der Waals surface area contributed by atoms with Gasteiger partial charge in [0.05, 0.1) is 11.9 Å². The normalized spacial score (nSPS) is 9.45. The number of carboxylic acid groups (broad SMARTS) is 2. The van der Waals surface area contributed by atoms with E-state index in [0.29, 0.717) is 0 Å². The van der Waals surface area contributed by atoms with Crippen LogP contribution in [0.3, 0.4) is 0 Å². The fraction of sp³-hybridized carbons (Fsp3) is 0.667. The van der Waals surface area contributed by atoms with Crippen LogP contribution in [0.1, 0.15) is 13.8 Å². The van der Waals surface area contributed by atoms with Gasteiger partial charge in [-0.15, -0.1) is 0 Å². The fourth-order valence-corrected chi connectivity index (χ4v) is 0.641. The SMILES string of the molecule is CC(C)C(C(=O)[O-])C(=O)[O-].[Ba+2]. The average molecular weight is 281 g/mol. The van der Waals surface area contributed by atoms with Gasteiger partial charge in [-0.2, -0.15) is 0 Å². The molecule has 0 saturated heterocycles. The average Bonchev–Trinajstić information content (AvgIpc) is 1.59. The number of rotatable bonds is 3. The van der Waals surface area contributed by atoms with Crippen molar-refractivity contribution >= 4 is 60.8 Å². The molecule has 5 heteroatoms. The van der Waals surface area contributed by atoms with Crippen LogP contribution in [0.25, 0.3) is 0 Å². The number of carboxylic acids is 2. The van der Waals surface area contributed by atoms with E-state index in [9.17, 15) is 19.8 Å². The Hall–Kier alpha value is 0.511. The molecule has 0 aliphatic carbocycles. The molecule has 11 heavy (non-hydrogen) atoms. The van der Waals surface area contributed by atoms with E-state index in [1.54, 1.807) is 0 Å². The maximum Gasteiger partial charge on any atom is 2.00 e. The Morgan fingerprint density at radius 3 is 1.36 bits per heavy atom. The molecular weight excluding hydrogens is 273 g/mol. The molecule has 0 spiro atoms. The van der Waals surface area contributed by atoms with E-state index in [0.717, 1.165) is 0 Å². The number of hydrogen-bond acceptors (Lipinski definition) is 4. The van der Waals surface area contributed by atoms with E-state index < -0.39 is 23.8 Å². The van der Waals surface area contributed by atoms with E-state index in [2.05, 4.69) is 0 Å². The monoisotopic (exact) mass is 282 g/mol. The van der Waals surface area contributed by atoms with Crippen molar-refractivity contribution in [3.63, 3.8) is 0 Å². The minimum atomic E-state index is -1.59. The molecule has 0 aromatic carbocycles. The summed E-state index contributed by atoms with van der Waals surface area (Å²) >= 11 is 0. The van der Waals surface area contributed by atoms with Crippen molar-refractivity contribution in [2.24, 2.45) is 11.8 Å². The maximum absolute atomic E-state index is 10.1. The maximum atomic E-state index is 10.1. The summed E-state index contributed by atoms with van der Waals surface area (Å²) in [5.41, 5.74) is 0. The van der Waals surface area contributed by atoms with Crippen LogP contribution in [-0.4, -0.2) is 60.8 Å². The van der Waals surface area contributed by atoms with Crippen LogP contribution in [0.2, 0.25) is 0 Å². The molecule has 0 aliphatic rings. The number of aliphatic carboxylic acids is 2. The summed E-state index contributed by atoms with van der Waals surface area (Å²) < 4.78 is 0. The third-order valence-electron chi connectivity index (χ3n) is 1.17. The molecule has 0 saturated carbocycles. The van der Waals surface area contributed by atoms with Crippen molar-refractivity contribution in [1.82, 2.24) is 0 Å². The molecule has 0 amide bonds. The Labute approximate surface area is 105 Å².